The van der Waals surface area contributed by atoms with E-state index in [-0.39, 0.29) is 27.7 Å². The van der Waals surface area contributed by atoms with Crippen LogP contribution in [0.15, 0.2) is 29.8 Å². The summed E-state index contributed by atoms with van der Waals surface area (Å²) in [5.74, 6) is 5.46. The van der Waals surface area contributed by atoms with Crippen molar-refractivity contribution in [3.05, 3.63) is 40.7 Å². The van der Waals surface area contributed by atoms with E-state index in [9.17, 15) is 9.18 Å². The number of carbonyl (C=O) groups excluding carboxylic acids is 1. The largest absolute Gasteiger partial charge is 0.268 e. The van der Waals surface area contributed by atoms with E-state index < -0.39 is 5.82 Å². The highest BCUT2D eigenvalue weighted by atomic mass is 35.5. The summed E-state index contributed by atoms with van der Waals surface area (Å²) in [6.45, 7) is 6.60. The summed E-state index contributed by atoms with van der Waals surface area (Å²) in [6.07, 6.45) is 4.15. The van der Waals surface area contributed by atoms with E-state index >= 15 is 0 Å². The van der Waals surface area contributed by atoms with Crippen LogP contribution in [0.1, 0.15) is 33.6 Å². The smallest absolute Gasteiger partial charge is 0.268 e. The van der Waals surface area contributed by atoms with Gasteiger partial charge in [0.05, 0.1) is 10.7 Å². The molecule has 2 aliphatic carbocycles. The van der Waals surface area contributed by atoms with Gasteiger partial charge in [0.25, 0.3) is 5.91 Å². The molecule has 118 valence electrons. The number of hydrogen-bond donors (Lipinski definition) is 1. The van der Waals surface area contributed by atoms with Crippen molar-refractivity contribution in [3.63, 3.8) is 0 Å². The van der Waals surface area contributed by atoms with Crippen LogP contribution in [0.2, 0.25) is 5.02 Å². The molecule has 1 aromatic carbocycles. The zero-order valence-corrected chi connectivity index (χ0v) is 13.7. The third-order valence-electron chi connectivity index (χ3n) is 5.78. The maximum absolute atomic E-state index is 13.1. The van der Waals surface area contributed by atoms with Gasteiger partial charge in [0.15, 0.2) is 0 Å². The normalized spacial score (nSPS) is 28.6. The molecule has 0 aliphatic heterocycles. The number of nitrogens with zero attached hydrogens (tertiary/aromatic N) is 1. The van der Waals surface area contributed by atoms with Crippen molar-refractivity contribution in [2.45, 2.75) is 33.6 Å². The number of hydrogen-bond acceptors (Lipinski definition) is 2. The zero-order valence-electron chi connectivity index (χ0n) is 13.0. The number of amides is 1. The van der Waals surface area contributed by atoms with Gasteiger partial charge in [0.1, 0.15) is 5.82 Å². The molecule has 3 nitrogen and oxygen atoms in total. The van der Waals surface area contributed by atoms with E-state index in [1.165, 1.54) is 12.1 Å². The first-order chi connectivity index (χ1) is 10.2. The molecular weight excluding hydrogens is 303 g/mol. The second-order valence-electron chi connectivity index (χ2n) is 7.10. The maximum Gasteiger partial charge on any atom is 0.268 e. The highest BCUT2D eigenvalue weighted by Crippen LogP contribution is 2.64. The average Bonchev–Trinajstić information content (AvgIpc) is 2.78. The first-order valence-corrected chi connectivity index (χ1v) is 7.82. The summed E-state index contributed by atoms with van der Waals surface area (Å²) in [6, 6.07) is 3.83. The second kappa shape index (κ2) is 4.80. The number of hydrazine groups is 1. The Hall–Kier alpha value is -1.39. The minimum absolute atomic E-state index is 0.0239. The van der Waals surface area contributed by atoms with Gasteiger partial charge in [-0.3, -0.25) is 4.79 Å². The Morgan fingerprint density at radius 2 is 2.09 bits per heavy atom. The lowest BCUT2D eigenvalue weighted by Crippen LogP contribution is -2.40. The number of halogens is 2. The topological polar surface area (TPSA) is 46.3 Å². The zero-order chi connectivity index (χ0) is 16.3. The number of carbonyl (C=O) groups is 1. The van der Waals surface area contributed by atoms with Gasteiger partial charge in [-0.2, -0.15) is 0 Å². The lowest BCUT2D eigenvalue weighted by Gasteiger charge is -2.34. The van der Waals surface area contributed by atoms with Crippen LogP contribution in [-0.4, -0.2) is 5.91 Å². The Kier molecular flexibility index (Phi) is 3.38. The fraction of sp³-hybridized carbons (Fsp3) is 0.471. The van der Waals surface area contributed by atoms with Gasteiger partial charge >= 0.3 is 0 Å². The van der Waals surface area contributed by atoms with Crippen molar-refractivity contribution in [2.75, 3.05) is 5.01 Å². The van der Waals surface area contributed by atoms with Crippen LogP contribution in [0.3, 0.4) is 0 Å². The predicted octanol–water partition coefficient (Wildman–Crippen LogP) is 4.07. The Morgan fingerprint density at radius 3 is 2.59 bits per heavy atom. The van der Waals surface area contributed by atoms with Crippen molar-refractivity contribution in [1.82, 2.24) is 0 Å². The average molecular weight is 323 g/mol. The standard InChI is InChI=1S/C17H20ClFN2O/c1-16(2)12-6-7-17(16,3)9-11(12)15(22)21(20)14-5-4-10(19)8-13(14)18/h4-5,8-9,12H,6-7,20H2,1-3H3/t12-,17+/m0/s1. The van der Waals surface area contributed by atoms with Gasteiger partial charge in [-0.1, -0.05) is 38.4 Å². The van der Waals surface area contributed by atoms with E-state index in [1.807, 2.05) is 0 Å². The first-order valence-electron chi connectivity index (χ1n) is 7.44. The predicted molar refractivity (Wildman–Crippen MR) is 85.8 cm³/mol. The van der Waals surface area contributed by atoms with Gasteiger partial charge in [0, 0.05) is 5.57 Å². The van der Waals surface area contributed by atoms with Crippen LogP contribution in [0.5, 0.6) is 0 Å². The fourth-order valence-electron chi connectivity index (χ4n) is 3.91. The SMILES string of the molecule is CC1(C)[C@H]2CC[C@]1(C)C=C2C(=O)N(N)c1ccc(F)cc1Cl. The highest BCUT2D eigenvalue weighted by molar-refractivity contribution is 6.34. The summed E-state index contributed by atoms with van der Waals surface area (Å²) in [7, 11) is 0. The molecule has 2 N–H and O–H groups in total. The van der Waals surface area contributed by atoms with E-state index in [2.05, 4.69) is 26.8 Å². The first kappa shape index (κ1) is 15.5. The molecule has 5 heteroatoms. The number of rotatable bonds is 2. The summed E-state index contributed by atoms with van der Waals surface area (Å²) < 4.78 is 13.1. The third kappa shape index (κ3) is 2.01. The fourth-order valence-corrected chi connectivity index (χ4v) is 4.17. The van der Waals surface area contributed by atoms with Crippen molar-refractivity contribution >= 4 is 23.2 Å². The summed E-state index contributed by atoms with van der Waals surface area (Å²) in [5, 5.41) is 1.17. The van der Waals surface area contributed by atoms with Gasteiger partial charge in [-0.05, 0) is 47.8 Å². The molecule has 2 atom stereocenters. The molecule has 0 heterocycles. The van der Waals surface area contributed by atoms with Crippen LogP contribution in [0.4, 0.5) is 10.1 Å². The van der Waals surface area contributed by atoms with Crippen LogP contribution in [0.25, 0.3) is 0 Å². The Bertz CT molecular complexity index is 685. The summed E-state index contributed by atoms with van der Waals surface area (Å²) >= 11 is 6.00. The molecule has 0 radical (unpaired) electrons. The van der Waals surface area contributed by atoms with Crippen LogP contribution < -0.4 is 10.9 Å². The van der Waals surface area contributed by atoms with E-state index in [0.717, 1.165) is 29.5 Å². The monoisotopic (exact) mass is 322 g/mol. The molecule has 0 unspecified atom stereocenters. The number of nitrogens with two attached hydrogens (primary N) is 1. The minimum Gasteiger partial charge on any atom is -0.268 e. The van der Waals surface area contributed by atoms with Gasteiger partial charge in [0.2, 0.25) is 0 Å². The Balaban J connectivity index is 1.93. The van der Waals surface area contributed by atoms with Crippen molar-refractivity contribution in [1.29, 1.82) is 0 Å². The number of allylic oxidation sites excluding steroid dienone is 1. The Morgan fingerprint density at radius 1 is 1.41 bits per heavy atom. The maximum atomic E-state index is 13.1. The molecule has 0 aromatic heterocycles. The quantitative estimate of drug-likeness (QED) is 0.507. The van der Waals surface area contributed by atoms with Crippen molar-refractivity contribution < 1.29 is 9.18 Å². The van der Waals surface area contributed by atoms with Crippen molar-refractivity contribution in [3.8, 4) is 0 Å². The molecule has 1 amide bonds. The van der Waals surface area contributed by atoms with E-state index in [0.29, 0.717) is 5.69 Å². The molecule has 2 aliphatic rings. The van der Waals surface area contributed by atoms with Crippen LogP contribution in [-0.2, 0) is 4.79 Å². The summed E-state index contributed by atoms with van der Waals surface area (Å²) in [5.41, 5.74) is 1.14. The molecule has 1 aromatic rings. The summed E-state index contributed by atoms with van der Waals surface area (Å²) in [4.78, 5) is 12.8. The molecule has 1 saturated carbocycles. The minimum atomic E-state index is -0.456. The molecule has 22 heavy (non-hydrogen) atoms. The molecular formula is C17H20ClFN2O. The lowest BCUT2D eigenvalue weighted by molar-refractivity contribution is -0.115. The van der Waals surface area contributed by atoms with Gasteiger partial charge in [-0.15, -0.1) is 0 Å². The highest BCUT2D eigenvalue weighted by Gasteiger charge is 2.57. The number of fused-ring (bicyclic) bond motifs is 2. The number of benzene rings is 1. The van der Waals surface area contributed by atoms with Crippen LogP contribution >= 0.6 is 11.6 Å². The molecule has 3 rings (SSSR count). The molecule has 0 spiro atoms. The Labute approximate surface area is 134 Å². The third-order valence-corrected chi connectivity index (χ3v) is 6.08. The molecule has 2 bridgehead atoms. The van der Waals surface area contributed by atoms with Crippen LogP contribution in [0, 0.1) is 22.6 Å². The van der Waals surface area contributed by atoms with Gasteiger partial charge < -0.3 is 0 Å². The van der Waals surface area contributed by atoms with E-state index in [4.69, 9.17) is 17.4 Å². The molecule has 0 saturated heterocycles. The second-order valence-corrected chi connectivity index (χ2v) is 7.51. The number of anilines is 1. The van der Waals surface area contributed by atoms with Crippen molar-refractivity contribution in [2.24, 2.45) is 22.6 Å². The molecule has 1 fully saturated rings. The van der Waals surface area contributed by atoms with E-state index in [1.54, 1.807) is 0 Å². The van der Waals surface area contributed by atoms with Gasteiger partial charge in [-0.25, -0.2) is 15.2 Å². The lowest BCUT2D eigenvalue weighted by atomic mass is 9.70.